The van der Waals surface area contributed by atoms with Crippen LogP contribution >= 0.6 is 24.0 Å². The molecule has 29 heavy (non-hydrogen) atoms. The minimum Gasteiger partial charge on any atom is -0.494 e. The van der Waals surface area contributed by atoms with Gasteiger partial charge in [0.2, 0.25) is 0 Å². The van der Waals surface area contributed by atoms with E-state index < -0.39 is 0 Å². The fraction of sp³-hybridized carbons (Fsp3) is 0.667. The number of halogens is 2. The highest BCUT2D eigenvalue weighted by Gasteiger charge is 2.22. The Morgan fingerprint density at radius 3 is 2.59 bits per heavy atom. The first kappa shape index (κ1) is 25.9. The van der Waals surface area contributed by atoms with Crippen LogP contribution in [0.4, 0.5) is 4.39 Å². The zero-order valence-corrected chi connectivity index (χ0v) is 20.4. The lowest BCUT2D eigenvalue weighted by atomic mass is 10.0. The first-order valence-electron chi connectivity index (χ1n) is 10.2. The molecule has 1 fully saturated rings. The molecule has 6 nitrogen and oxygen atoms in total. The Kier molecular flexibility index (Phi) is 12.5. The van der Waals surface area contributed by atoms with Crippen LogP contribution in [0, 0.1) is 11.7 Å². The van der Waals surface area contributed by atoms with Crippen LogP contribution in [0.25, 0.3) is 0 Å². The zero-order valence-electron chi connectivity index (χ0n) is 18.0. The molecule has 0 saturated carbocycles. The van der Waals surface area contributed by atoms with E-state index in [1.807, 2.05) is 13.0 Å². The highest BCUT2D eigenvalue weighted by Crippen LogP contribution is 2.18. The number of aliphatic imine (C=N–C) groups is 1. The second-order valence-corrected chi connectivity index (χ2v) is 7.48. The second kappa shape index (κ2) is 14.0. The van der Waals surface area contributed by atoms with E-state index in [-0.39, 0.29) is 35.5 Å². The second-order valence-electron chi connectivity index (χ2n) is 7.48. The van der Waals surface area contributed by atoms with Crippen LogP contribution in [0.5, 0.6) is 5.75 Å². The third-order valence-corrected chi connectivity index (χ3v) is 4.79. The lowest BCUT2D eigenvalue weighted by Crippen LogP contribution is -2.51. The molecular weight excluding hydrogens is 486 g/mol. The number of rotatable bonds is 9. The maximum Gasteiger partial charge on any atom is 0.191 e. The third kappa shape index (κ3) is 9.04. The number of methoxy groups -OCH3 is 1. The van der Waals surface area contributed by atoms with E-state index in [0.717, 1.165) is 57.3 Å². The molecule has 166 valence electrons. The number of hydrogen-bond donors (Lipinski definition) is 2. The molecule has 0 radical (unpaired) electrons. The summed E-state index contributed by atoms with van der Waals surface area (Å²) in [4.78, 5) is 7.12. The molecule has 0 spiro atoms. The summed E-state index contributed by atoms with van der Waals surface area (Å²) in [6.45, 7) is 12.1. The van der Waals surface area contributed by atoms with Crippen molar-refractivity contribution in [1.82, 2.24) is 15.5 Å². The van der Waals surface area contributed by atoms with Gasteiger partial charge in [0.05, 0.1) is 26.9 Å². The van der Waals surface area contributed by atoms with Crippen molar-refractivity contribution < 1.29 is 13.9 Å². The lowest BCUT2D eigenvalue weighted by Gasteiger charge is -2.35. The normalized spacial score (nSPS) is 16.3. The van der Waals surface area contributed by atoms with Crippen molar-refractivity contribution in [1.29, 1.82) is 0 Å². The molecule has 1 aromatic rings. The Bertz CT molecular complexity index is 625. The van der Waals surface area contributed by atoms with Crippen LogP contribution in [0.3, 0.4) is 0 Å². The van der Waals surface area contributed by atoms with E-state index in [9.17, 15) is 4.39 Å². The topological polar surface area (TPSA) is 58.1 Å². The summed E-state index contributed by atoms with van der Waals surface area (Å²) in [6, 6.07) is 5.38. The molecule has 1 aliphatic rings. The summed E-state index contributed by atoms with van der Waals surface area (Å²) >= 11 is 0. The summed E-state index contributed by atoms with van der Waals surface area (Å²) < 4.78 is 24.3. The smallest absolute Gasteiger partial charge is 0.191 e. The van der Waals surface area contributed by atoms with Gasteiger partial charge in [0, 0.05) is 32.2 Å². The molecule has 1 saturated heterocycles. The average Bonchev–Trinajstić information content (AvgIpc) is 2.69. The largest absolute Gasteiger partial charge is 0.494 e. The monoisotopic (exact) mass is 522 g/mol. The molecule has 0 bridgehead atoms. The molecule has 2 N–H and O–H groups in total. The lowest BCUT2D eigenvalue weighted by molar-refractivity contribution is 0.0132. The molecule has 1 aromatic carbocycles. The average molecular weight is 522 g/mol. The van der Waals surface area contributed by atoms with Crippen molar-refractivity contribution >= 4 is 29.9 Å². The fourth-order valence-corrected chi connectivity index (χ4v) is 3.38. The minimum atomic E-state index is -0.363. The molecule has 8 heteroatoms. The van der Waals surface area contributed by atoms with Gasteiger partial charge in [-0.3, -0.25) is 4.90 Å². The first-order valence-corrected chi connectivity index (χ1v) is 10.2. The molecule has 1 unspecified atom stereocenters. The van der Waals surface area contributed by atoms with Gasteiger partial charge >= 0.3 is 0 Å². The fourth-order valence-electron chi connectivity index (χ4n) is 3.38. The number of ether oxygens (including phenoxy) is 2. The van der Waals surface area contributed by atoms with Gasteiger partial charge in [-0.15, -0.1) is 24.0 Å². The Hall–Kier alpha value is -1.13. The van der Waals surface area contributed by atoms with Crippen LogP contribution in [0.1, 0.15) is 32.8 Å². The quantitative estimate of drug-likeness (QED) is 0.296. The number of morpholine rings is 1. The van der Waals surface area contributed by atoms with Gasteiger partial charge in [-0.05, 0) is 37.0 Å². The van der Waals surface area contributed by atoms with Gasteiger partial charge in [0.25, 0.3) is 0 Å². The van der Waals surface area contributed by atoms with Crippen LogP contribution in [0.15, 0.2) is 23.2 Å². The SMILES string of the molecule is CCNC(=NCc1ccc(OC)c(F)c1)NCC(CC(C)C)N1CCOCC1.I. The Morgan fingerprint density at radius 2 is 2.00 bits per heavy atom. The molecule has 0 aromatic heterocycles. The van der Waals surface area contributed by atoms with Gasteiger partial charge in [-0.2, -0.15) is 0 Å². The van der Waals surface area contributed by atoms with Crippen molar-refractivity contribution in [3.8, 4) is 5.75 Å². The van der Waals surface area contributed by atoms with Crippen LogP contribution in [-0.2, 0) is 11.3 Å². The van der Waals surface area contributed by atoms with Gasteiger partial charge in [0.1, 0.15) is 0 Å². The number of guanidine groups is 1. The molecule has 0 aliphatic carbocycles. The third-order valence-electron chi connectivity index (χ3n) is 4.79. The zero-order chi connectivity index (χ0) is 20.4. The number of nitrogens with one attached hydrogen (secondary N) is 2. The van der Waals surface area contributed by atoms with Gasteiger partial charge in [-0.1, -0.05) is 19.9 Å². The summed E-state index contributed by atoms with van der Waals surface area (Å²) in [5.74, 6) is 1.26. The molecule has 1 aliphatic heterocycles. The summed E-state index contributed by atoms with van der Waals surface area (Å²) in [5, 5.41) is 6.75. The number of hydrogen-bond acceptors (Lipinski definition) is 4. The van der Waals surface area contributed by atoms with E-state index >= 15 is 0 Å². The molecule has 2 rings (SSSR count). The number of nitrogens with zero attached hydrogens (tertiary/aromatic N) is 2. The van der Waals surface area contributed by atoms with Gasteiger partial charge < -0.3 is 20.1 Å². The summed E-state index contributed by atoms with van der Waals surface area (Å²) in [6.07, 6.45) is 1.12. The van der Waals surface area contributed by atoms with Gasteiger partial charge in [-0.25, -0.2) is 9.38 Å². The van der Waals surface area contributed by atoms with Crippen molar-refractivity contribution in [2.75, 3.05) is 46.5 Å². The molecular formula is C21H36FIN4O2. The van der Waals surface area contributed by atoms with Crippen molar-refractivity contribution in [2.45, 2.75) is 39.8 Å². The van der Waals surface area contributed by atoms with Crippen molar-refractivity contribution in [3.63, 3.8) is 0 Å². The summed E-state index contributed by atoms with van der Waals surface area (Å²) in [7, 11) is 1.46. The highest BCUT2D eigenvalue weighted by molar-refractivity contribution is 14.0. The van der Waals surface area contributed by atoms with Gasteiger partial charge in [0.15, 0.2) is 17.5 Å². The molecule has 0 amide bonds. The van der Waals surface area contributed by atoms with Crippen LogP contribution in [0.2, 0.25) is 0 Å². The standard InChI is InChI=1S/C21H35FN4O2.HI/c1-5-23-21(24-14-17-6-7-20(27-4)19(22)13-17)25-15-18(12-16(2)3)26-8-10-28-11-9-26;/h6-7,13,16,18H,5,8-12,14-15H2,1-4H3,(H2,23,24,25);1H. The van der Waals surface area contributed by atoms with E-state index in [2.05, 4.69) is 34.4 Å². The molecule has 1 atom stereocenters. The predicted molar refractivity (Wildman–Crippen MR) is 127 cm³/mol. The van der Waals surface area contributed by atoms with Crippen molar-refractivity contribution in [2.24, 2.45) is 10.9 Å². The first-order chi connectivity index (χ1) is 13.5. The highest BCUT2D eigenvalue weighted by atomic mass is 127. The predicted octanol–water partition coefficient (Wildman–Crippen LogP) is 3.25. The Labute approximate surface area is 191 Å². The van der Waals surface area contributed by atoms with Crippen LogP contribution < -0.4 is 15.4 Å². The maximum absolute atomic E-state index is 13.9. The van der Waals surface area contributed by atoms with Crippen molar-refractivity contribution in [3.05, 3.63) is 29.6 Å². The summed E-state index contributed by atoms with van der Waals surface area (Å²) in [5.41, 5.74) is 0.808. The van der Waals surface area contributed by atoms with Crippen LogP contribution in [-0.4, -0.2) is 63.4 Å². The van der Waals surface area contributed by atoms with E-state index in [4.69, 9.17) is 9.47 Å². The Balaban J connectivity index is 0.00000420. The minimum absolute atomic E-state index is 0. The number of benzene rings is 1. The Morgan fingerprint density at radius 1 is 1.28 bits per heavy atom. The van der Waals surface area contributed by atoms with E-state index in [0.29, 0.717) is 18.5 Å². The molecule has 1 heterocycles. The van der Waals surface area contributed by atoms with E-state index in [1.165, 1.54) is 13.2 Å². The maximum atomic E-state index is 13.9. The van der Waals surface area contributed by atoms with E-state index in [1.54, 1.807) is 6.07 Å².